The number of carboxylic acid groups (broad SMARTS) is 1. The molecule has 4 heteroatoms. The summed E-state index contributed by atoms with van der Waals surface area (Å²) in [5.74, 6) is -0.213. The monoisotopic (exact) mass is 271 g/mol. The number of amides is 1. The summed E-state index contributed by atoms with van der Waals surface area (Å²) in [5, 5.41) is 11.5. The molecule has 19 heavy (non-hydrogen) atoms. The maximum atomic E-state index is 11.8. The van der Waals surface area contributed by atoms with Crippen LogP contribution in [0.4, 0.5) is 0 Å². The van der Waals surface area contributed by atoms with E-state index in [4.69, 9.17) is 5.11 Å². The fourth-order valence-electron chi connectivity index (χ4n) is 2.65. The van der Waals surface area contributed by atoms with Crippen molar-refractivity contribution in [3.8, 4) is 0 Å². The van der Waals surface area contributed by atoms with E-state index in [2.05, 4.69) is 5.32 Å². The lowest BCUT2D eigenvalue weighted by atomic mass is 9.88. The second-order valence-corrected chi connectivity index (χ2v) is 5.54. The highest BCUT2D eigenvalue weighted by Gasteiger charge is 2.20. The normalized spacial score (nSPS) is 16.2. The van der Waals surface area contributed by atoms with Gasteiger partial charge in [0.15, 0.2) is 0 Å². The third-order valence-electron chi connectivity index (χ3n) is 3.84. The standard InChI is InChI=1S/C15H27NO3.H2/c17-14(18)11-7-2-1-3-8-12-16-15(19)13-9-5-4-6-10-13;/h13H,1-12H2,(H,16,19)(H,17,18);1H. The van der Waals surface area contributed by atoms with Crippen molar-refractivity contribution in [3.05, 3.63) is 0 Å². The van der Waals surface area contributed by atoms with Crippen molar-refractivity contribution in [2.24, 2.45) is 5.92 Å². The van der Waals surface area contributed by atoms with Crippen LogP contribution in [0.3, 0.4) is 0 Å². The molecule has 1 saturated carbocycles. The first kappa shape index (κ1) is 16.0. The van der Waals surface area contributed by atoms with Crippen LogP contribution in [0.5, 0.6) is 0 Å². The molecule has 1 amide bonds. The Morgan fingerprint density at radius 1 is 1.00 bits per heavy atom. The number of carboxylic acids is 1. The van der Waals surface area contributed by atoms with E-state index in [0.29, 0.717) is 0 Å². The molecule has 0 unspecified atom stereocenters. The maximum Gasteiger partial charge on any atom is 0.303 e. The molecule has 0 aromatic carbocycles. The van der Waals surface area contributed by atoms with Crippen LogP contribution in [0.25, 0.3) is 0 Å². The third kappa shape index (κ3) is 7.85. The van der Waals surface area contributed by atoms with Crippen molar-refractivity contribution in [1.82, 2.24) is 5.32 Å². The Hall–Kier alpha value is -1.06. The first-order valence-corrected chi connectivity index (χ1v) is 7.69. The topological polar surface area (TPSA) is 66.4 Å². The van der Waals surface area contributed by atoms with Crippen molar-refractivity contribution in [2.75, 3.05) is 6.54 Å². The van der Waals surface area contributed by atoms with E-state index in [1.54, 1.807) is 0 Å². The highest BCUT2D eigenvalue weighted by Crippen LogP contribution is 2.23. The smallest absolute Gasteiger partial charge is 0.303 e. The summed E-state index contributed by atoms with van der Waals surface area (Å²) in [4.78, 5) is 22.1. The van der Waals surface area contributed by atoms with E-state index >= 15 is 0 Å². The number of nitrogens with one attached hydrogen (secondary N) is 1. The largest absolute Gasteiger partial charge is 0.481 e. The summed E-state index contributed by atoms with van der Waals surface area (Å²) in [6.07, 6.45) is 10.9. The van der Waals surface area contributed by atoms with Gasteiger partial charge in [-0.15, -0.1) is 0 Å². The van der Waals surface area contributed by atoms with Crippen LogP contribution in [-0.2, 0) is 9.59 Å². The van der Waals surface area contributed by atoms with Gasteiger partial charge >= 0.3 is 5.97 Å². The Kier molecular flexibility index (Phi) is 8.26. The first-order valence-electron chi connectivity index (χ1n) is 7.69. The number of hydrogen-bond acceptors (Lipinski definition) is 2. The Morgan fingerprint density at radius 3 is 2.32 bits per heavy atom. The van der Waals surface area contributed by atoms with Crippen molar-refractivity contribution in [2.45, 2.75) is 70.6 Å². The van der Waals surface area contributed by atoms with Crippen molar-refractivity contribution >= 4 is 11.9 Å². The van der Waals surface area contributed by atoms with Crippen molar-refractivity contribution in [1.29, 1.82) is 0 Å². The van der Waals surface area contributed by atoms with E-state index < -0.39 is 5.97 Å². The Balaban J connectivity index is 0.00000361. The number of hydrogen-bond donors (Lipinski definition) is 2. The second kappa shape index (κ2) is 9.82. The number of carbonyl (C=O) groups excluding carboxylic acids is 1. The fraction of sp³-hybridized carbons (Fsp3) is 0.867. The van der Waals surface area contributed by atoms with Crippen LogP contribution in [0.2, 0.25) is 0 Å². The van der Waals surface area contributed by atoms with Gasteiger partial charge in [-0.2, -0.15) is 0 Å². The van der Waals surface area contributed by atoms with Crippen LogP contribution in [0.1, 0.15) is 72.1 Å². The van der Waals surface area contributed by atoms with Gasteiger partial charge in [-0.1, -0.05) is 38.5 Å². The minimum atomic E-state index is -0.709. The van der Waals surface area contributed by atoms with Gasteiger partial charge in [-0.25, -0.2) is 0 Å². The van der Waals surface area contributed by atoms with Gasteiger partial charge in [0, 0.05) is 20.3 Å². The Bertz CT molecular complexity index is 278. The van der Waals surface area contributed by atoms with Crippen molar-refractivity contribution < 1.29 is 16.1 Å². The quantitative estimate of drug-likeness (QED) is 0.632. The molecule has 112 valence electrons. The van der Waals surface area contributed by atoms with Gasteiger partial charge in [0.25, 0.3) is 0 Å². The lowest BCUT2D eigenvalue weighted by molar-refractivity contribution is -0.137. The minimum absolute atomic E-state index is 0. The van der Waals surface area contributed by atoms with E-state index in [1.807, 2.05) is 0 Å². The molecule has 1 rings (SSSR count). The molecular formula is C15H29NO3. The third-order valence-corrected chi connectivity index (χ3v) is 3.84. The summed E-state index contributed by atoms with van der Waals surface area (Å²) < 4.78 is 0. The average molecular weight is 271 g/mol. The van der Waals surface area contributed by atoms with Crippen LogP contribution >= 0.6 is 0 Å². The maximum absolute atomic E-state index is 11.8. The zero-order chi connectivity index (χ0) is 13.9. The molecule has 0 aromatic heterocycles. The van der Waals surface area contributed by atoms with Gasteiger partial charge in [-0.3, -0.25) is 9.59 Å². The SMILES string of the molecule is O=C(O)CCCCCCCNC(=O)C1CCCCC1.[HH]. The fourth-order valence-corrected chi connectivity index (χ4v) is 2.65. The molecule has 0 heterocycles. The Morgan fingerprint density at radius 2 is 1.63 bits per heavy atom. The highest BCUT2D eigenvalue weighted by molar-refractivity contribution is 5.78. The minimum Gasteiger partial charge on any atom is -0.481 e. The number of carbonyl (C=O) groups is 2. The lowest BCUT2D eigenvalue weighted by Gasteiger charge is -2.20. The molecule has 1 aliphatic carbocycles. The molecule has 0 spiro atoms. The molecule has 1 aliphatic rings. The van der Waals surface area contributed by atoms with E-state index in [0.717, 1.165) is 51.5 Å². The predicted molar refractivity (Wildman–Crippen MR) is 77.0 cm³/mol. The molecule has 0 aromatic rings. The Labute approximate surface area is 117 Å². The van der Waals surface area contributed by atoms with Gasteiger partial charge < -0.3 is 10.4 Å². The van der Waals surface area contributed by atoms with Crippen LogP contribution in [-0.4, -0.2) is 23.5 Å². The molecule has 4 nitrogen and oxygen atoms in total. The summed E-state index contributed by atoms with van der Waals surface area (Å²) in [6, 6.07) is 0. The lowest BCUT2D eigenvalue weighted by Crippen LogP contribution is -2.32. The highest BCUT2D eigenvalue weighted by atomic mass is 16.4. The van der Waals surface area contributed by atoms with Gasteiger partial charge in [0.1, 0.15) is 0 Å². The zero-order valence-electron chi connectivity index (χ0n) is 11.8. The van der Waals surface area contributed by atoms with E-state index in [-0.39, 0.29) is 19.7 Å². The second-order valence-electron chi connectivity index (χ2n) is 5.54. The predicted octanol–water partition coefficient (Wildman–Crippen LogP) is 3.35. The van der Waals surface area contributed by atoms with Crippen LogP contribution in [0, 0.1) is 5.92 Å². The van der Waals surface area contributed by atoms with E-state index in [1.165, 1.54) is 19.3 Å². The van der Waals surface area contributed by atoms with Crippen molar-refractivity contribution in [3.63, 3.8) is 0 Å². The summed E-state index contributed by atoms with van der Waals surface area (Å²) >= 11 is 0. The number of aliphatic carboxylic acids is 1. The molecule has 0 aliphatic heterocycles. The molecule has 1 fully saturated rings. The summed E-state index contributed by atoms with van der Waals surface area (Å²) in [7, 11) is 0. The van der Waals surface area contributed by atoms with Gasteiger partial charge in [-0.05, 0) is 25.7 Å². The molecule has 2 N–H and O–H groups in total. The molecule has 0 saturated heterocycles. The number of rotatable bonds is 9. The summed E-state index contributed by atoms with van der Waals surface area (Å²) in [5.41, 5.74) is 0. The number of unbranched alkanes of at least 4 members (excludes halogenated alkanes) is 4. The zero-order valence-corrected chi connectivity index (χ0v) is 11.8. The molecule has 0 atom stereocenters. The molecular weight excluding hydrogens is 242 g/mol. The first-order chi connectivity index (χ1) is 9.20. The van der Waals surface area contributed by atoms with Gasteiger partial charge in [0.2, 0.25) is 5.91 Å². The average Bonchev–Trinajstić information content (AvgIpc) is 2.42. The van der Waals surface area contributed by atoms with Crippen LogP contribution < -0.4 is 5.32 Å². The molecule has 0 radical (unpaired) electrons. The summed E-state index contributed by atoms with van der Waals surface area (Å²) in [6.45, 7) is 0.772. The van der Waals surface area contributed by atoms with Crippen LogP contribution in [0.15, 0.2) is 0 Å². The molecule has 0 bridgehead atoms. The van der Waals surface area contributed by atoms with Gasteiger partial charge in [0.05, 0.1) is 0 Å². The van der Waals surface area contributed by atoms with E-state index in [9.17, 15) is 9.59 Å².